The third-order valence-corrected chi connectivity index (χ3v) is 5.74. The molecule has 1 heterocycles. The van der Waals surface area contributed by atoms with Gasteiger partial charge in [-0.2, -0.15) is 12.7 Å². The summed E-state index contributed by atoms with van der Waals surface area (Å²) in [5.41, 5.74) is 1.11. The van der Waals surface area contributed by atoms with Crippen molar-refractivity contribution in [3.8, 4) is 0 Å². The van der Waals surface area contributed by atoms with E-state index >= 15 is 0 Å². The molecule has 0 saturated heterocycles. The van der Waals surface area contributed by atoms with Gasteiger partial charge < -0.3 is 0 Å². The molecule has 0 radical (unpaired) electrons. The number of rotatable bonds is 7. The van der Waals surface area contributed by atoms with Gasteiger partial charge in [0.2, 0.25) is 5.91 Å². The molecule has 20 heavy (non-hydrogen) atoms. The monoisotopic (exact) mass is 318 g/mol. The number of hydrogen-bond donors (Lipinski definition) is 1. The molecule has 1 rings (SSSR count). The first-order chi connectivity index (χ1) is 9.30. The first-order valence-corrected chi connectivity index (χ1v) is 8.92. The minimum absolute atomic E-state index is 0.178. The lowest BCUT2D eigenvalue weighted by Gasteiger charge is -2.18. The highest BCUT2D eigenvalue weighted by molar-refractivity contribution is 7.87. The van der Waals surface area contributed by atoms with Gasteiger partial charge in [-0.05, 0) is 31.9 Å². The lowest BCUT2D eigenvalue weighted by atomic mass is 10.1. The van der Waals surface area contributed by atoms with Crippen molar-refractivity contribution < 1.29 is 13.2 Å². The van der Waals surface area contributed by atoms with Gasteiger partial charge in [-0.25, -0.2) is 4.72 Å². The number of hydrogen-bond acceptors (Lipinski definition) is 4. The lowest BCUT2D eigenvalue weighted by Crippen LogP contribution is -2.43. The molecular weight excluding hydrogens is 296 g/mol. The summed E-state index contributed by atoms with van der Waals surface area (Å²) in [4.78, 5) is 14.2. The van der Waals surface area contributed by atoms with Crippen molar-refractivity contribution in [1.82, 2.24) is 9.03 Å². The molecular formula is C13H22N2O3S2. The van der Waals surface area contributed by atoms with Crippen LogP contribution in [0.5, 0.6) is 0 Å². The van der Waals surface area contributed by atoms with E-state index in [1.165, 1.54) is 14.1 Å². The molecule has 0 aliphatic heterocycles. The van der Waals surface area contributed by atoms with Crippen LogP contribution in [0.25, 0.3) is 0 Å². The van der Waals surface area contributed by atoms with Gasteiger partial charge in [0, 0.05) is 29.3 Å². The maximum Gasteiger partial charge on any atom is 0.303 e. The summed E-state index contributed by atoms with van der Waals surface area (Å²) in [6.45, 7) is 8.21. The Hall–Kier alpha value is -0.920. The van der Waals surface area contributed by atoms with Gasteiger partial charge in [0.15, 0.2) is 0 Å². The van der Waals surface area contributed by atoms with Crippen molar-refractivity contribution in [3.63, 3.8) is 0 Å². The third-order valence-electron chi connectivity index (χ3n) is 3.05. The van der Waals surface area contributed by atoms with Gasteiger partial charge in [-0.1, -0.05) is 13.8 Å². The van der Waals surface area contributed by atoms with Crippen molar-refractivity contribution >= 4 is 27.5 Å². The van der Waals surface area contributed by atoms with E-state index in [1.54, 1.807) is 25.2 Å². The molecule has 0 unspecified atom stereocenters. The van der Waals surface area contributed by atoms with E-state index in [9.17, 15) is 13.2 Å². The van der Waals surface area contributed by atoms with Crippen molar-refractivity contribution in [2.24, 2.45) is 0 Å². The number of nitrogens with one attached hydrogen (secondary N) is 1. The first kappa shape index (κ1) is 17.1. The zero-order valence-corrected chi connectivity index (χ0v) is 14.0. The SMILES string of the molecule is CCN(CC)S(=O)(=O)NC(=O)CCc1cc(C)sc1C. The fraction of sp³-hybridized carbons (Fsp3) is 0.615. The van der Waals surface area contributed by atoms with Crippen molar-refractivity contribution in [1.29, 1.82) is 0 Å². The van der Waals surface area contributed by atoms with E-state index in [2.05, 4.69) is 4.72 Å². The second-order valence-corrected chi connectivity index (χ2v) is 7.68. The maximum absolute atomic E-state index is 11.9. The summed E-state index contributed by atoms with van der Waals surface area (Å²) in [5.74, 6) is -0.458. The Labute approximate surface area is 125 Å². The Morgan fingerprint density at radius 3 is 2.35 bits per heavy atom. The van der Waals surface area contributed by atoms with Crippen LogP contribution in [0.4, 0.5) is 0 Å². The average Bonchev–Trinajstić information content (AvgIpc) is 2.65. The molecule has 0 spiro atoms. The Bertz CT molecular complexity index is 560. The highest BCUT2D eigenvalue weighted by Crippen LogP contribution is 2.21. The quantitative estimate of drug-likeness (QED) is 0.836. The summed E-state index contributed by atoms with van der Waals surface area (Å²) in [5, 5.41) is 0. The smallest absolute Gasteiger partial charge is 0.274 e. The summed E-state index contributed by atoms with van der Waals surface area (Å²) >= 11 is 1.69. The van der Waals surface area contributed by atoms with Crippen LogP contribution < -0.4 is 4.72 Å². The van der Waals surface area contributed by atoms with Crippen LogP contribution >= 0.6 is 11.3 Å². The zero-order chi connectivity index (χ0) is 15.3. The summed E-state index contributed by atoms with van der Waals surface area (Å²) in [7, 11) is -3.69. The molecule has 1 amide bonds. The second-order valence-electron chi connectivity index (χ2n) is 4.55. The molecule has 0 aromatic carbocycles. The van der Waals surface area contributed by atoms with Gasteiger partial charge in [-0.3, -0.25) is 4.79 Å². The number of amides is 1. The van der Waals surface area contributed by atoms with E-state index in [0.29, 0.717) is 19.5 Å². The predicted octanol–water partition coefficient (Wildman–Crippen LogP) is 2.00. The van der Waals surface area contributed by atoms with E-state index in [4.69, 9.17) is 0 Å². The van der Waals surface area contributed by atoms with Crippen LogP contribution in [0.1, 0.15) is 35.6 Å². The molecule has 0 bridgehead atoms. The Balaban J connectivity index is 2.58. The van der Waals surface area contributed by atoms with Crippen molar-refractivity contribution in [2.75, 3.05) is 13.1 Å². The number of aryl methyl sites for hydroxylation is 3. The number of nitrogens with zero attached hydrogens (tertiary/aromatic N) is 1. The molecule has 5 nitrogen and oxygen atoms in total. The van der Waals surface area contributed by atoms with Gasteiger partial charge in [-0.15, -0.1) is 11.3 Å². The van der Waals surface area contributed by atoms with Crippen LogP contribution in [-0.2, 0) is 21.4 Å². The van der Waals surface area contributed by atoms with Gasteiger partial charge in [0.05, 0.1) is 0 Å². The Morgan fingerprint density at radius 1 is 1.30 bits per heavy atom. The maximum atomic E-state index is 11.9. The highest BCUT2D eigenvalue weighted by Gasteiger charge is 2.21. The second kappa shape index (κ2) is 7.19. The van der Waals surface area contributed by atoms with Crippen molar-refractivity contribution in [2.45, 2.75) is 40.5 Å². The third kappa shape index (κ3) is 4.57. The van der Waals surface area contributed by atoms with Crippen LogP contribution in [-0.4, -0.2) is 31.7 Å². The molecule has 0 fully saturated rings. The lowest BCUT2D eigenvalue weighted by molar-refractivity contribution is -0.119. The van der Waals surface area contributed by atoms with E-state index in [-0.39, 0.29) is 6.42 Å². The molecule has 1 aromatic rings. The number of thiophene rings is 1. The molecule has 1 aromatic heterocycles. The molecule has 0 aliphatic rings. The van der Waals surface area contributed by atoms with E-state index in [1.807, 2.05) is 19.9 Å². The van der Waals surface area contributed by atoms with Crippen LogP contribution in [0.2, 0.25) is 0 Å². The molecule has 0 aliphatic carbocycles. The largest absolute Gasteiger partial charge is 0.303 e. The highest BCUT2D eigenvalue weighted by atomic mass is 32.2. The number of carbonyl (C=O) groups is 1. The molecule has 7 heteroatoms. The van der Waals surface area contributed by atoms with Crippen molar-refractivity contribution in [3.05, 3.63) is 21.4 Å². The fourth-order valence-electron chi connectivity index (χ4n) is 2.00. The fourth-order valence-corrected chi connectivity index (χ4v) is 4.18. The predicted molar refractivity (Wildman–Crippen MR) is 82.1 cm³/mol. The Morgan fingerprint density at radius 2 is 1.90 bits per heavy atom. The van der Waals surface area contributed by atoms with Crippen LogP contribution in [0, 0.1) is 13.8 Å². The van der Waals surface area contributed by atoms with E-state index < -0.39 is 16.1 Å². The zero-order valence-electron chi connectivity index (χ0n) is 12.4. The summed E-state index contributed by atoms with van der Waals surface area (Å²) in [6, 6.07) is 2.05. The molecule has 114 valence electrons. The van der Waals surface area contributed by atoms with Gasteiger partial charge >= 0.3 is 10.2 Å². The van der Waals surface area contributed by atoms with Gasteiger partial charge in [0.1, 0.15) is 0 Å². The minimum atomic E-state index is -3.69. The standard InChI is InChI=1S/C13H22N2O3S2/c1-5-15(6-2)20(17,18)14-13(16)8-7-12-9-10(3)19-11(12)4/h9H,5-8H2,1-4H3,(H,14,16). The summed E-state index contributed by atoms with van der Waals surface area (Å²) < 4.78 is 27.1. The van der Waals surface area contributed by atoms with E-state index in [0.717, 1.165) is 5.56 Å². The average molecular weight is 318 g/mol. The summed E-state index contributed by atoms with van der Waals surface area (Å²) in [6.07, 6.45) is 0.743. The first-order valence-electron chi connectivity index (χ1n) is 6.66. The molecule has 0 atom stereocenters. The topological polar surface area (TPSA) is 66.5 Å². The van der Waals surface area contributed by atoms with Crippen LogP contribution in [0.3, 0.4) is 0 Å². The minimum Gasteiger partial charge on any atom is -0.274 e. The van der Waals surface area contributed by atoms with Gasteiger partial charge in [0.25, 0.3) is 0 Å². The van der Waals surface area contributed by atoms with Crippen LogP contribution in [0.15, 0.2) is 6.07 Å². The normalized spacial score (nSPS) is 11.8. The molecule has 1 N–H and O–H groups in total. The molecule has 0 saturated carbocycles. The Kier molecular flexibility index (Phi) is 6.16. The number of carbonyl (C=O) groups excluding carboxylic acids is 1.